The highest BCUT2D eigenvalue weighted by molar-refractivity contribution is 5.40. The number of fused-ring (bicyclic) bond motifs is 1. The lowest BCUT2D eigenvalue weighted by atomic mass is 9.85. The van der Waals surface area contributed by atoms with Gasteiger partial charge in [-0.1, -0.05) is 39.0 Å². The third-order valence-corrected chi connectivity index (χ3v) is 5.43. The van der Waals surface area contributed by atoms with Crippen LogP contribution in [0, 0.1) is 13.8 Å². The summed E-state index contributed by atoms with van der Waals surface area (Å²) in [5, 5.41) is 4.56. The van der Waals surface area contributed by atoms with Gasteiger partial charge in [0.05, 0.1) is 5.69 Å². The van der Waals surface area contributed by atoms with Crippen LogP contribution in [0.1, 0.15) is 60.5 Å². The Kier molecular flexibility index (Phi) is 4.30. The van der Waals surface area contributed by atoms with E-state index in [-0.39, 0.29) is 5.41 Å². The van der Waals surface area contributed by atoms with Crippen molar-refractivity contribution in [3.05, 3.63) is 51.8 Å². The van der Waals surface area contributed by atoms with Crippen LogP contribution in [0.4, 0.5) is 0 Å². The molecule has 0 aliphatic carbocycles. The highest BCUT2D eigenvalue weighted by Crippen LogP contribution is 2.37. The van der Waals surface area contributed by atoms with E-state index in [1.165, 1.54) is 27.9 Å². The summed E-state index contributed by atoms with van der Waals surface area (Å²) >= 11 is 0. The molecule has 4 nitrogen and oxygen atoms in total. The van der Waals surface area contributed by atoms with Gasteiger partial charge < -0.3 is 5.73 Å². The van der Waals surface area contributed by atoms with Crippen LogP contribution in [0.2, 0.25) is 0 Å². The average molecular weight is 326 g/mol. The molecule has 4 heteroatoms. The molecule has 24 heavy (non-hydrogen) atoms. The quantitative estimate of drug-likeness (QED) is 0.941. The fourth-order valence-corrected chi connectivity index (χ4v) is 3.73. The van der Waals surface area contributed by atoms with Gasteiger partial charge in [-0.15, -0.1) is 0 Å². The van der Waals surface area contributed by atoms with Gasteiger partial charge in [0.1, 0.15) is 0 Å². The number of nitrogens with two attached hydrogens (primary N) is 1. The minimum Gasteiger partial charge on any atom is -0.329 e. The highest BCUT2D eigenvalue weighted by Gasteiger charge is 2.31. The summed E-state index contributed by atoms with van der Waals surface area (Å²) in [5.74, 6) is 0. The Labute approximate surface area is 145 Å². The molecule has 130 valence electrons. The van der Waals surface area contributed by atoms with Crippen LogP contribution in [0.15, 0.2) is 18.2 Å². The fourth-order valence-electron chi connectivity index (χ4n) is 3.73. The first-order valence-electron chi connectivity index (χ1n) is 8.79. The van der Waals surface area contributed by atoms with E-state index in [0.717, 1.165) is 18.8 Å². The van der Waals surface area contributed by atoms with Gasteiger partial charge in [-0.3, -0.25) is 9.58 Å². The van der Waals surface area contributed by atoms with Crippen LogP contribution >= 0.6 is 0 Å². The Morgan fingerprint density at radius 1 is 1.25 bits per heavy atom. The molecule has 2 N–H and O–H groups in total. The lowest BCUT2D eigenvalue weighted by Gasteiger charge is -2.25. The first-order chi connectivity index (χ1) is 11.2. The highest BCUT2D eigenvalue weighted by atomic mass is 15.3. The molecule has 2 aromatic rings. The van der Waals surface area contributed by atoms with Crippen molar-refractivity contribution < 1.29 is 0 Å². The van der Waals surface area contributed by atoms with Gasteiger partial charge in [0.15, 0.2) is 0 Å². The van der Waals surface area contributed by atoms with Crippen molar-refractivity contribution in [3.8, 4) is 0 Å². The summed E-state index contributed by atoms with van der Waals surface area (Å²) in [7, 11) is 2.01. The zero-order chi connectivity index (χ0) is 17.6. The zero-order valence-corrected chi connectivity index (χ0v) is 15.8. The Bertz CT molecular complexity index is 752. The van der Waals surface area contributed by atoms with E-state index in [2.05, 4.69) is 62.8 Å². The first kappa shape index (κ1) is 17.2. The molecule has 0 saturated heterocycles. The molecule has 0 amide bonds. The molecule has 2 heterocycles. The second-order valence-corrected chi connectivity index (χ2v) is 8.09. The number of benzene rings is 1. The average Bonchev–Trinajstić information content (AvgIpc) is 2.97. The first-order valence-corrected chi connectivity index (χ1v) is 8.79. The zero-order valence-electron chi connectivity index (χ0n) is 15.8. The summed E-state index contributed by atoms with van der Waals surface area (Å²) in [6.07, 6.45) is 0. The normalized spacial score (nSPS) is 18.2. The number of hydrogen-bond donors (Lipinski definition) is 1. The SMILES string of the molecule is Cc1nn(C)c(C)c1CN1Cc2ccc(C(C)(C)C)cc2C1CN. The molecule has 0 radical (unpaired) electrons. The monoisotopic (exact) mass is 326 g/mol. The van der Waals surface area contributed by atoms with E-state index in [9.17, 15) is 0 Å². The topological polar surface area (TPSA) is 47.1 Å². The molecule has 0 fully saturated rings. The van der Waals surface area contributed by atoms with Gasteiger partial charge in [-0.05, 0) is 36.0 Å². The molecule has 0 bridgehead atoms. The molecule has 0 saturated carbocycles. The number of hydrogen-bond acceptors (Lipinski definition) is 3. The molecule has 3 rings (SSSR count). The summed E-state index contributed by atoms with van der Waals surface area (Å²) in [4.78, 5) is 2.49. The summed E-state index contributed by atoms with van der Waals surface area (Å²) in [6.45, 7) is 13.6. The van der Waals surface area contributed by atoms with Crippen LogP contribution in [0.25, 0.3) is 0 Å². The minimum absolute atomic E-state index is 0.165. The predicted molar refractivity (Wildman–Crippen MR) is 98.9 cm³/mol. The Balaban J connectivity index is 1.92. The molecule has 1 aliphatic heterocycles. The lowest BCUT2D eigenvalue weighted by Crippen LogP contribution is -2.28. The molecule has 1 aromatic carbocycles. The van der Waals surface area contributed by atoms with E-state index in [1.807, 2.05) is 11.7 Å². The Morgan fingerprint density at radius 3 is 2.50 bits per heavy atom. The third kappa shape index (κ3) is 2.89. The largest absolute Gasteiger partial charge is 0.329 e. The number of nitrogens with zero attached hydrogens (tertiary/aromatic N) is 3. The molecule has 1 unspecified atom stereocenters. The van der Waals surface area contributed by atoms with Gasteiger partial charge in [0.2, 0.25) is 0 Å². The van der Waals surface area contributed by atoms with E-state index >= 15 is 0 Å². The van der Waals surface area contributed by atoms with Crippen LogP contribution in [-0.4, -0.2) is 21.2 Å². The summed E-state index contributed by atoms with van der Waals surface area (Å²) in [5.41, 5.74) is 14.2. The van der Waals surface area contributed by atoms with Crippen LogP contribution in [-0.2, 0) is 25.6 Å². The number of aryl methyl sites for hydroxylation is 2. The minimum atomic E-state index is 0.165. The van der Waals surface area contributed by atoms with Gasteiger partial charge in [-0.2, -0.15) is 5.10 Å². The van der Waals surface area contributed by atoms with Crippen molar-refractivity contribution in [2.45, 2.75) is 59.2 Å². The molecular weight excluding hydrogens is 296 g/mol. The maximum Gasteiger partial charge on any atom is 0.0641 e. The number of aromatic nitrogens is 2. The van der Waals surface area contributed by atoms with Crippen LogP contribution in [0.3, 0.4) is 0 Å². The molecule has 1 aromatic heterocycles. The Morgan fingerprint density at radius 2 is 1.96 bits per heavy atom. The van der Waals surface area contributed by atoms with Crippen molar-refractivity contribution in [3.63, 3.8) is 0 Å². The van der Waals surface area contributed by atoms with Crippen molar-refractivity contribution >= 4 is 0 Å². The van der Waals surface area contributed by atoms with Crippen molar-refractivity contribution in [2.75, 3.05) is 6.54 Å². The maximum atomic E-state index is 6.17. The maximum absolute atomic E-state index is 6.17. The fraction of sp³-hybridized carbons (Fsp3) is 0.550. The third-order valence-electron chi connectivity index (χ3n) is 5.43. The molecule has 0 spiro atoms. The molecular formula is C20H30N4. The second kappa shape index (κ2) is 6.01. The van der Waals surface area contributed by atoms with Crippen LogP contribution in [0.5, 0.6) is 0 Å². The van der Waals surface area contributed by atoms with Crippen LogP contribution < -0.4 is 5.73 Å². The van der Waals surface area contributed by atoms with Gasteiger partial charge in [-0.25, -0.2) is 0 Å². The second-order valence-electron chi connectivity index (χ2n) is 8.09. The van der Waals surface area contributed by atoms with E-state index in [1.54, 1.807) is 0 Å². The predicted octanol–water partition coefficient (Wildman–Crippen LogP) is 3.35. The molecule has 1 atom stereocenters. The molecule has 1 aliphatic rings. The van der Waals surface area contributed by atoms with Gasteiger partial charge in [0, 0.05) is 44.0 Å². The number of rotatable bonds is 3. The van der Waals surface area contributed by atoms with Crippen molar-refractivity contribution in [1.82, 2.24) is 14.7 Å². The van der Waals surface area contributed by atoms with E-state index in [4.69, 9.17) is 5.73 Å². The van der Waals surface area contributed by atoms with Crippen molar-refractivity contribution in [1.29, 1.82) is 0 Å². The summed E-state index contributed by atoms with van der Waals surface area (Å²) in [6, 6.07) is 7.23. The van der Waals surface area contributed by atoms with E-state index in [0.29, 0.717) is 12.6 Å². The van der Waals surface area contributed by atoms with Gasteiger partial charge >= 0.3 is 0 Å². The Hall–Kier alpha value is -1.65. The summed E-state index contributed by atoms with van der Waals surface area (Å²) < 4.78 is 1.98. The lowest BCUT2D eigenvalue weighted by molar-refractivity contribution is 0.210. The standard InChI is InChI=1S/C20H30N4/c1-13-18(14(2)23(6)22-13)12-24-11-15-7-8-16(20(3,4)5)9-17(15)19(24)10-21/h7-9,19H,10-12,21H2,1-6H3. The van der Waals surface area contributed by atoms with E-state index < -0.39 is 0 Å². The van der Waals surface area contributed by atoms with Gasteiger partial charge in [0.25, 0.3) is 0 Å². The van der Waals surface area contributed by atoms with Crippen molar-refractivity contribution in [2.24, 2.45) is 12.8 Å². The smallest absolute Gasteiger partial charge is 0.0641 e.